The molecule has 0 fully saturated rings. The lowest BCUT2D eigenvalue weighted by molar-refractivity contribution is -0.748. The van der Waals surface area contributed by atoms with Crippen LogP contribution in [0.5, 0.6) is 0 Å². The first-order valence-corrected chi connectivity index (χ1v) is 10.3. The highest BCUT2D eigenvalue weighted by molar-refractivity contribution is 5.89. The lowest BCUT2D eigenvalue weighted by atomic mass is 10.1. The van der Waals surface area contributed by atoms with Crippen LogP contribution in [0.1, 0.15) is 57.4 Å². The number of carbonyl (C=O) groups is 1. The van der Waals surface area contributed by atoms with Gasteiger partial charge in [0.1, 0.15) is 6.54 Å². The van der Waals surface area contributed by atoms with Crippen molar-refractivity contribution >= 4 is 29.4 Å². The van der Waals surface area contributed by atoms with Crippen LogP contribution in [0.15, 0.2) is 29.3 Å². The van der Waals surface area contributed by atoms with Crippen molar-refractivity contribution < 1.29 is 14.9 Å². The van der Waals surface area contributed by atoms with E-state index in [1.807, 2.05) is 24.3 Å². The van der Waals surface area contributed by atoms with E-state index in [1.54, 1.807) is 0 Å². The number of hydrogen-bond acceptors (Lipinski definition) is 3. The third-order valence-electron chi connectivity index (χ3n) is 4.71. The molecule has 0 saturated heterocycles. The molecule has 5 N–H and O–H groups in total. The number of benzene rings is 1. The van der Waals surface area contributed by atoms with Crippen LogP contribution < -0.4 is 15.6 Å². The van der Waals surface area contributed by atoms with E-state index in [0.29, 0.717) is 17.5 Å². The molecule has 7 heteroatoms. The Balaban J connectivity index is 1.91. The number of aliphatic imine (C=N–C) groups is 1. The van der Waals surface area contributed by atoms with Gasteiger partial charge in [0.25, 0.3) is 5.96 Å². The summed E-state index contributed by atoms with van der Waals surface area (Å²) >= 11 is 0. The highest BCUT2D eigenvalue weighted by Gasteiger charge is 2.12. The molecule has 0 aromatic heterocycles. The van der Waals surface area contributed by atoms with E-state index in [4.69, 9.17) is 10.9 Å². The van der Waals surface area contributed by atoms with Gasteiger partial charge in [-0.05, 0) is 36.6 Å². The number of nitrogens with one attached hydrogen (secondary N) is 4. The average molecular weight is 388 g/mol. The number of hydrogen-bond donors (Lipinski definition) is 4. The van der Waals surface area contributed by atoms with Crippen LogP contribution in [0.3, 0.4) is 0 Å². The quantitative estimate of drug-likeness (QED) is 0.202. The summed E-state index contributed by atoms with van der Waals surface area (Å²) in [6, 6.07) is 5.88. The van der Waals surface area contributed by atoms with Gasteiger partial charge in [-0.25, -0.2) is 4.99 Å². The summed E-state index contributed by atoms with van der Waals surface area (Å²) in [6.45, 7) is 3.29. The van der Waals surface area contributed by atoms with Crippen molar-refractivity contribution in [3.63, 3.8) is 0 Å². The molecule has 0 bridgehead atoms. The summed E-state index contributed by atoms with van der Waals surface area (Å²) in [5.41, 5.74) is 2.93. The molecule has 0 saturated carbocycles. The number of unbranched alkanes of at least 4 members (excludes halogenated alkanes) is 6. The summed E-state index contributed by atoms with van der Waals surface area (Å²) in [7, 11) is 0. The van der Waals surface area contributed by atoms with Crippen LogP contribution >= 0.6 is 0 Å². The Hall–Kier alpha value is -2.38. The van der Waals surface area contributed by atoms with Crippen LogP contribution in [0.25, 0.3) is 11.9 Å². The Kier molecular flexibility index (Phi) is 9.51. The van der Waals surface area contributed by atoms with Gasteiger partial charge in [-0.2, -0.15) is 0 Å². The van der Waals surface area contributed by atoms with Crippen LogP contribution in [-0.4, -0.2) is 36.7 Å². The van der Waals surface area contributed by atoms with Gasteiger partial charge in [0, 0.05) is 17.9 Å². The number of quaternary nitrogens is 1. The molecular formula is C21H33N5O2. The smallest absolute Gasteiger partial charge is 0.325 e. The van der Waals surface area contributed by atoms with E-state index in [-0.39, 0.29) is 6.54 Å². The zero-order valence-corrected chi connectivity index (χ0v) is 16.8. The third kappa shape index (κ3) is 7.70. The molecule has 0 radical (unpaired) electrons. The summed E-state index contributed by atoms with van der Waals surface area (Å²) in [6.07, 6.45) is 12.4. The maximum absolute atomic E-state index is 10.9. The zero-order valence-electron chi connectivity index (χ0n) is 16.8. The first-order chi connectivity index (χ1) is 13.6. The van der Waals surface area contributed by atoms with Crippen LogP contribution in [0.2, 0.25) is 0 Å². The van der Waals surface area contributed by atoms with Crippen LogP contribution in [0.4, 0.5) is 11.4 Å². The van der Waals surface area contributed by atoms with Gasteiger partial charge in [0.15, 0.2) is 0 Å². The Morgan fingerprint density at radius 1 is 1.25 bits per heavy atom. The van der Waals surface area contributed by atoms with E-state index in [0.717, 1.165) is 36.3 Å². The van der Waals surface area contributed by atoms with Crippen molar-refractivity contribution in [3.05, 3.63) is 35.7 Å². The van der Waals surface area contributed by atoms with Gasteiger partial charge in [-0.1, -0.05) is 51.2 Å². The van der Waals surface area contributed by atoms with Gasteiger partial charge >= 0.3 is 5.97 Å². The van der Waals surface area contributed by atoms with E-state index < -0.39 is 5.97 Å². The number of carboxylic acids is 1. The molecule has 0 aliphatic carbocycles. The first kappa shape index (κ1) is 21.9. The maximum Gasteiger partial charge on any atom is 0.325 e. The van der Waals surface area contributed by atoms with E-state index in [2.05, 4.69) is 28.6 Å². The SMILES string of the molecule is CCCCCCCCC[NH+]([NH-])C(=NCC(=O)O)Nc1ccc2c(c1)C=CCN2. The van der Waals surface area contributed by atoms with Gasteiger partial charge < -0.3 is 21.3 Å². The second-order valence-electron chi connectivity index (χ2n) is 7.12. The van der Waals surface area contributed by atoms with E-state index in [1.165, 1.54) is 32.1 Å². The van der Waals surface area contributed by atoms with Crippen molar-refractivity contribution in [3.8, 4) is 0 Å². The fourth-order valence-corrected chi connectivity index (χ4v) is 3.17. The predicted molar refractivity (Wildman–Crippen MR) is 116 cm³/mol. The number of guanidine groups is 1. The summed E-state index contributed by atoms with van der Waals surface area (Å²) in [5.74, 6) is 7.71. The largest absolute Gasteiger partial charge is 0.480 e. The van der Waals surface area contributed by atoms with Crippen molar-refractivity contribution in [1.82, 2.24) is 0 Å². The predicted octanol–water partition coefficient (Wildman–Crippen LogP) is 3.58. The molecule has 1 aromatic rings. The second-order valence-corrected chi connectivity index (χ2v) is 7.12. The van der Waals surface area contributed by atoms with Gasteiger partial charge in [-0.3, -0.25) is 10.1 Å². The van der Waals surface area contributed by atoms with Crippen LogP contribution in [0, 0.1) is 0 Å². The lowest BCUT2D eigenvalue weighted by Crippen LogP contribution is -3.09. The van der Waals surface area contributed by atoms with Crippen molar-refractivity contribution in [2.75, 3.05) is 30.3 Å². The van der Waals surface area contributed by atoms with Crippen molar-refractivity contribution in [2.45, 2.75) is 51.9 Å². The topological polar surface area (TPSA) is 102 Å². The lowest BCUT2D eigenvalue weighted by Gasteiger charge is -2.23. The zero-order chi connectivity index (χ0) is 20.2. The molecular weight excluding hydrogens is 354 g/mol. The number of rotatable bonds is 11. The molecule has 28 heavy (non-hydrogen) atoms. The average Bonchev–Trinajstić information content (AvgIpc) is 2.70. The van der Waals surface area contributed by atoms with Crippen molar-refractivity contribution in [2.24, 2.45) is 4.99 Å². The number of fused-ring (bicyclic) bond motifs is 1. The molecule has 1 aliphatic rings. The molecule has 1 atom stereocenters. The van der Waals surface area contributed by atoms with Gasteiger partial charge in [0.2, 0.25) is 0 Å². The minimum atomic E-state index is -0.999. The monoisotopic (exact) mass is 387 g/mol. The Morgan fingerprint density at radius 3 is 2.75 bits per heavy atom. The fraction of sp³-hybridized carbons (Fsp3) is 0.524. The molecule has 1 aliphatic heterocycles. The number of carboxylic acid groups (broad SMARTS) is 1. The van der Waals surface area contributed by atoms with Crippen molar-refractivity contribution in [1.29, 1.82) is 0 Å². The highest BCUT2D eigenvalue weighted by Crippen LogP contribution is 2.24. The summed E-state index contributed by atoms with van der Waals surface area (Å²) < 4.78 is 0. The third-order valence-corrected chi connectivity index (χ3v) is 4.71. The first-order valence-electron chi connectivity index (χ1n) is 10.3. The summed E-state index contributed by atoms with van der Waals surface area (Å²) in [4.78, 5) is 15.1. The number of nitrogens with zero attached hydrogens (tertiary/aromatic N) is 1. The molecule has 1 aromatic carbocycles. The van der Waals surface area contributed by atoms with E-state index >= 15 is 0 Å². The number of aliphatic carboxylic acids is 1. The minimum Gasteiger partial charge on any atom is -0.480 e. The second kappa shape index (κ2) is 12.2. The molecule has 7 nitrogen and oxygen atoms in total. The molecule has 0 spiro atoms. The van der Waals surface area contributed by atoms with E-state index in [9.17, 15) is 4.79 Å². The number of anilines is 2. The normalized spacial score (nSPS) is 14.3. The molecule has 0 amide bonds. The Labute approximate surface area is 167 Å². The summed E-state index contributed by atoms with van der Waals surface area (Å²) in [5, 5.41) is 15.8. The maximum atomic E-state index is 10.9. The molecule has 2 rings (SSSR count). The molecule has 154 valence electrons. The molecule has 1 unspecified atom stereocenters. The van der Waals surface area contributed by atoms with Gasteiger partial charge in [-0.15, -0.1) is 0 Å². The highest BCUT2D eigenvalue weighted by atomic mass is 16.4. The molecule has 1 heterocycles. The Morgan fingerprint density at radius 2 is 2.00 bits per heavy atom. The fourth-order valence-electron chi connectivity index (χ4n) is 3.17. The standard InChI is InChI=1S/C21H33N5O2/c1-2-3-4-5-6-7-8-14-26(22)21(24-16-20(27)28)25-18-11-12-19-17(15-18)10-9-13-23-19/h9-12,15,22-23,26H,2-8,13-14,16H2,1H3,(H,24,25)(H,27,28). The minimum absolute atomic E-state index is 0.339. The van der Waals surface area contributed by atoms with Gasteiger partial charge in [0.05, 0.1) is 6.54 Å². The Bertz CT molecular complexity index is 687. The van der Waals surface area contributed by atoms with Crippen LogP contribution in [-0.2, 0) is 4.79 Å².